The van der Waals surface area contributed by atoms with Crippen molar-refractivity contribution in [3.63, 3.8) is 0 Å². The summed E-state index contributed by atoms with van der Waals surface area (Å²) in [4.78, 5) is 0.243. The number of thiocarbonyl (C=S) groups is 1. The molecule has 0 aromatic carbocycles. The number of rotatable bonds is 9. The van der Waals surface area contributed by atoms with Crippen molar-refractivity contribution in [3.05, 3.63) is 0 Å². The summed E-state index contributed by atoms with van der Waals surface area (Å²) in [5.41, 5.74) is 5.37. The summed E-state index contributed by atoms with van der Waals surface area (Å²) in [6, 6.07) is 0. The Bertz CT molecular complexity index is 497. The monoisotopic (exact) mass is 330 g/mol. The molecule has 0 heterocycles. The molecule has 0 unspecified atom stereocenters. The summed E-state index contributed by atoms with van der Waals surface area (Å²) >= 11 is 4.73. The molecule has 0 fully saturated rings. The third kappa shape index (κ3) is 9.31. The predicted octanol–water partition coefficient (Wildman–Crippen LogP) is -0.00500. The van der Waals surface area contributed by atoms with Crippen LogP contribution in [0.2, 0.25) is 0 Å². The summed E-state index contributed by atoms with van der Waals surface area (Å²) in [6.07, 6.45) is 1.31. The Hall–Kier alpha value is -0.250. The Kier molecular flexibility index (Phi) is 7.41. The Morgan fingerprint density at radius 3 is 2.11 bits per heavy atom. The van der Waals surface area contributed by atoms with Crippen molar-refractivity contribution in [1.29, 1.82) is 0 Å². The first-order chi connectivity index (χ1) is 8.44. The molecule has 0 aromatic rings. The van der Waals surface area contributed by atoms with E-state index in [0.29, 0.717) is 13.0 Å². The quantitative estimate of drug-likeness (QED) is 0.597. The summed E-state index contributed by atoms with van der Waals surface area (Å²) in [5, 5.41) is 0. The molecule has 0 bridgehead atoms. The standard InChI is InChI=1S/C10H22N2O4S3/c1-9(2)8-12(5-4-10(11)17)19(15,16)7-6-18(3,13)14/h9H,4-8H2,1-3H3,(H2,11,17). The topological polar surface area (TPSA) is 97.5 Å². The van der Waals surface area contributed by atoms with Gasteiger partial charge in [0.15, 0.2) is 0 Å². The van der Waals surface area contributed by atoms with E-state index in [0.717, 1.165) is 6.26 Å². The molecule has 9 heteroatoms. The van der Waals surface area contributed by atoms with Crippen molar-refractivity contribution >= 4 is 37.1 Å². The highest BCUT2D eigenvalue weighted by Crippen LogP contribution is 2.08. The van der Waals surface area contributed by atoms with Gasteiger partial charge in [0, 0.05) is 25.8 Å². The maximum absolute atomic E-state index is 12.1. The first-order valence-electron chi connectivity index (χ1n) is 5.88. The van der Waals surface area contributed by atoms with Crippen LogP contribution in [-0.2, 0) is 19.9 Å². The van der Waals surface area contributed by atoms with Crippen LogP contribution in [-0.4, -0.2) is 57.0 Å². The summed E-state index contributed by atoms with van der Waals surface area (Å²) in [7, 11) is -6.91. The molecule has 0 rings (SSSR count). The van der Waals surface area contributed by atoms with Gasteiger partial charge in [0.2, 0.25) is 10.0 Å². The van der Waals surface area contributed by atoms with E-state index in [2.05, 4.69) is 0 Å². The van der Waals surface area contributed by atoms with Gasteiger partial charge in [-0.25, -0.2) is 21.1 Å². The smallest absolute Gasteiger partial charge is 0.215 e. The molecule has 6 nitrogen and oxygen atoms in total. The van der Waals surface area contributed by atoms with E-state index in [4.69, 9.17) is 18.0 Å². The van der Waals surface area contributed by atoms with Crippen LogP contribution >= 0.6 is 12.2 Å². The molecule has 0 aromatic heterocycles. The zero-order valence-electron chi connectivity index (χ0n) is 11.5. The summed E-state index contributed by atoms with van der Waals surface area (Å²) < 4.78 is 47.6. The van der Waals surface area contributed by atoms with Crippen LogP contribution in [0.4, 0.5) is 0 Å². The highest BCUT2D eigenvalue weighted by molar-refractivity contribution is 7.93. The predicted molar refractivity (Wildman–Crippen MR) is 81.3 cm³/mol. The maximum Gasteiger partial charge on any atom is 0.215 e. The van der Waals surface area contributed by atoms with E-state index < -0.39 is 25.6 Å². The lowest BCUT2D eigenvalue weighted by Crippen LogP contribution is -2.39. The number of nitrogens with zero attached hydrogens (tertiary/aromatic N) is 1. The second-order valence-electron chi connectivity index (χ2n) is 4.91. The van der Waals surface area contributed by atoms with Crippen molar-refractivity contribution in [1.82, 2.24) is 4.31 Å². The number of sulfone groups is 1. The zero-order valence-corrected chi connectivity index (χ0v) is 13.9. The van der Waals surface area contributed by atoms with Crippen molar-refractivity contribution in [3.8, 4) is 0 Å². The Balaban J connectivity index is 4.85. The van der Waals surface area contributed by atoms with E-state index in [1.165, 1.54) is 4.31 Å². The lowest BCUT2D eigenvalue weighted by molar-refractivity contribution is 0.375. The zero-order chi connectivity index (χ0) is 15.3. The average molecular weight is 330 g/mol. The van der Waals surface area contributed by atoms with E-state index in [-0.39, 0.29) is 23.2 Å². The first kappa shape index (κ1) is 18.8. The van der Waals surface area contributed by atoms with Gasteiger partial charge in [0.1, 0.15) is 9.84 Å². The molecular formula is C10H22N2O4S3. The van der Waals surface area contributed by atoms with Crippen LogP contribution in [0.15, 0.2) is 0 Å². The van der Waals surface area contributed by atoms with E-state index in [1.807, 2.05) is 13.8 Å². The number of sulfonamides is 1. The molecular weight excluding hydrogens is 308 g/mol. The largest absolute Gasteiger partial charge is 0.393 e. The van der Waals surface area contributed by atoms with Gasteiger partial charge >= 0.3 is 0 Å². The number of hydrogen-bond donors (Lipinski definition) is 1. The third-order valence-corrected chi connectivity index (χ3v) is 5.53. The second-order valence-corrected chi connectivity index (χ2v) is 9.79. The fourth-order valence-electron chi connectivity index (χ4n) is 1.37. The first-order valence-corrected chi connectivity index (χ1v) is 9.95. The SMILES string of the molecule is CC(C)CN(CCC(N)=S)S(=O)(=O)CCS(C)(=O)=O. The summed E-state index contributed by atoms with van der Waals surface area (Å²) in [6.45, 7) is 4.30. The van der Waals surface area contributed by atoms with Gasteiger partial charge in [-0.1, -0.05) is 26.1 Å². The molecule has 0 saturated carbocycles. The molecule has 0 atom stereocenters. The molecule has 0 saturated heterocycles. The van der Waals surface area contributed by atoms with E-state index >= 15 is 0 Å². The van der Waals surface area contributed by atoms with Crippen molar-refractivity contribution in [2.24, 2.45) is 11.7 Å². The lowest BCUT2D eigenvalue weighted by atomic mass is 10.2. The van der Waals surface area contributed by atoms with Crippen LogP contribution in [0.25, 0.3) is 0 Å². The Morgan fingerprint density at radius 2 is 1.74 bits per heavy atom. The van der Waals surface area contributed by atoms with Gasteiger partial charge in [-0.2, -0.15) is 0 Å². The van der Waals surface area contributed by atoms with Gasteiger partial charge in [0.25, 0.3) is 0 Å². The maximum atomic E-state index is 12.1. The van der Waals surface area contributed by atoms with E-state index in [9.17, 15) is 16.8 Å². The molecule has 114 valence electrons. The van der Waals surface area contributed by atoms with Crippen LogP contribution in [0.1, 0.15) is 20.3 Å². The van der Waals surface area contributed by atoms with E-state index in [1.54, 1.807) is 0 Å². The van der Waals surface area contributed by atoms with Crippen LogP contribution in [0.3, 0.4) is 0 Å². The molecule has 2 N–H and O–H groups in total. The average Bonchev–Trinajstić information content (AvgIpc) is 2.19. The van der Waals surface area contributed by atoms with Gasteiger partial charge in [-0.05, 0) is 5.92 Å². The highest BCUT2D eigenvalue weighted by Gasteiger charge is 2.24. The van der Waals surface area contributed by atoms with Crippen LogP contribution < -0.4 is 5.73 Å². The molecule has 0 aliphatic rings. The fourth-order valence-corrected chi connectivity index (χ4v) is 4.67. The van der Waals surface area contributed by atoms with Crippen molar-refractivity contribution in [2.45, 2.75) is 20.3 Å². The van der Waals surface area contributed by atoms with Crippen molar-refractivity contribution < 1.29 is 16.8 Å². The molecule has 0 radical (unpaired) electrons. The van der Waals surface area contributed by atoms with Crippen molar-refractivity contribution in [2.75, 3.05) is 30.9 Å². The molecule has 0 amide bonds. The molecule has 0 aliphatic heterocycles. The minimum absolute atomic E-state index is 0.138. The normalized spacial score (nSPS) is 13.1. The number of nitrogens with two attached hydrogens (primary N) is 1. The molecule has 19 heavy (non-hydrogen) atoms. The highest BCUT2D eigenvalue weighted by atomic mass is 32.2. The van der Waals surface area contributed by atoms with Gasteiger partial charge in [0.05, 0.1) is 16.5 Å². The van der Waals surface area contributed by atoms with Gasteiger partial charge in [-0.15, -0.1) is 0 Å². The Labute approximate surface area is 121 Å². The molecule has 0 aliphatic carbocycles. The lowest BCUT2D eigenvalue weighted by Gasteiger charge is -2.23. The second kappa shape index (κ2) is 7.51. The van der Waals surface area contributed by atoms with Gasteiger partial charge in [-0.3, -0.25) is 0 Å². The van der Waals surface area contributed by atoms with Gasteiger partial charge < -0.3 is 5.73 Å². The third-order valence-electron chi connectivity index (χ3n) is 2.28. The van der Waals surface area contributed by atoms with Crippen LogP contribution in [0, 0.1) is 5.92 Å². The Morgan fingerprint density at radius 1 is 1.21 bits per heavy atom. The minimum Gasteiger partial charge on any atom is -0.393 e. The number of hydrogen-bond acceptors (Lipinski definition) is 5. The fraction of sp³-hybridized carbons (Fsp3) is 0.900. The summed E-state index contributed by atoms with van der Waals surface area (Å²) in [5.74, 6) is -0.647. The minimum atomic E-state index is -3.61. The molecule has 0 spiro atoms. The van der Waals surface area contributed by atoms with Crippen LogP contribution in [0.5, 0.6) is 0 Å².